The quantitative estimate of drug-likeness (QED) is 0.762. The number of nitrogens with one attached hydrogen (secondary N) is 1. The summed E-state index contributed by atoms with van der Waals surface area (Å²) in [5.74, 6) is 0.800. The van der Waals surface area contributed by atoms with Gasteiger partial charge in [-0.2, -0.15) is 4.98 Å². The van der Waals surface area contributed by atoms with E-state index in [1.807, 2.05) is 19.1 Å². The number of hydrogen-bond donors (Lipinski definition) is 1. The maximum Gasteiger partial charge on any atom is 0.270 e. The van der Waals surface area contributed by atoms with Gasteiger partial charge in [-0.05, 0) is 42.5 Å². The first-order valence-corrected chi connectivity index (χ1v) is 9.36. The number of anilines is 1. The molecule has 0 radical (unpaired) electrons. The maximum absolute atomic E-state index is 12.5. The number of aryl methyl sites for hydroxylation is 2. The highest BCUT2D eigenvalue weighted by Gasteiger charge is 2.20. The van der Waals surface area contributed by atoms with E-state index in [1.165, 1.54) is 11.3 Å². The second-order valence-electron chi connectivity index (χ2n) is 4.91. The molecule has 0 atom stereocenters. The predicted octanol–water partition coefficient (Wildman–Crippen LogP) is 3.47. The number of aromatic nitrogens is 2. The fourth-order valence-electron chi connectivity index (χ4n) is 2.05. The third-order valence-electron chi connectivity index (χ3n) is 3.27. The summed E-state index contributed by atoms with van der Waals surface area (Å²) < 4.78 is 32.7. The van der Waals surface area contributed by atoms with E-state index >= 15 is 0 Å². The lowest BCUT2D eigenvalue weighted by Gasteiger charge is -2.08. The smallest absolute Gasteiger partial charge is 0.270 e. The highest BCUT2D eigenvalue weighted by Crippen LogP contribution is 2.33. The summed E-state index contributed by atoms with van der Waals surface area (Å²) in [6.07, 6.45) is 0.860. The molecular formula is C15H15N3O3S2. The van der Waals surface area contributed by atoms with Crippen molar-refractivity contribution >= 4 is 27.0 Å². The zero-order valence-electron chi connectivity index (χ0n) is 12.6. The zero-order valence-corrected chi connectivity index (χ0v) is 14.2. The molecule has 3 rings (SSSR count). The Bertz CT molecular complexity index is 912. The molecule has 2 aromatic heterocycles. The summed E-state index contributed by atoms with van der Waals surface area (Å²) in [6, 6.07) is 8.50. The first kappa shape index (κ1) is 15.7. The monoisotopic (exact) mass is 349 g/mol. The van der Waals surface area contributed by atoms with Gasteiger partial charge in [-0.15, -0.1) is 11.3 Å². The van der Waals surface area contributed by atoms with Gasteiger partial charge >= 0.3 is 0 Å². The highest BCUT2D eigenvalue weighted by molar-refractivity contribution is 7.92. The van der Waals surface area contributed by atoms with Gasteiger partial charge in [0.25, 0.3) is 15.9 Å². The third kappa shape index (κ3) is 3.27. The zero-order chi connectivity index (χ0) is 16.4. The lowest BCUT2D eigenvalue weighted by molar-refractivity contribution is 0.426. The molecule has 1 N–H and O–H groups in total. The second kappa shape index (κ2) is 6.13. The van der Waals surface area contributed by atoms with Crippen molar-refractivity contribution in [2.45, 2.75) is 25.2 Å². The molecule has 6 nitrogen and oxygen atoms in total. The normalized spacial score (nSPS) is 11.6. The van der Waals surface area contributed by atoms with Crippen LogP contribution in [-0.2, 0) is 16.4 Å². The highest BCUT2D eigenvalue weighted by atomic mass is 32.2. The van der Waals surface area contributed by atoms with Crippen molar-refractivity contribution in [3.63, 3.8) is 0 Å². The predicted molar refractivity (Wildman–Crippen MR) is 89.0 cm³/mol. The van der Waals surface area contributed by atoms with Crippen LogP contribution < -0.4 is 4.72 Å². The van der Waals surface area contributed by atoms with E-state index in [9.17, 15) is 8.42 Å². The van der Waals surface area contributed by atoms with Crippen molar-refractivity contribution in [3.05, 3.63) is 47.1 Å². The number of sulfonamides is 1. The molecule has 0 unspecified atom stereocenters. The first-order chi connectivity index (χ1) is 11.0. The van der Waals surface area contributed by atoms with Crippen molar-refractivity contribution in [1.29, 1.82) is 0 Å². The van der Waals surface area contributed by atoms with Crippen LogP contribution in [0.25, 0.3) is 10.8 Å². The average molecular weight is 349 g/mol. The minimum atomic E-state index is -3.67. The van der Waals surface area contributed by atoms with Gasteiger partial charge in [0.15, 0.2) is 5.82 Å². The van der Waals surface area contributed by atoms with Gasteiger partial charge in [-0.3, -0.25) is 4.72 Å². The summed E-state index contributed by atoms with van der Waals surface area (Å²) in [4.78, 5) is 4.95. The maximum atomic E-state index is 12.5. The fraction of sp³-hybridized carbons (Fsp3) is 0.200. The van der Waals surface area contributed by atoms with E-state index in [2.05, 4.69) is 14.9 Å². The van der Waals surface area contributed by atoms with Crippen LogP contribution in [0.4, 0.5) is 5.69 Å². The summed E-state index contributed by atoms with van der Waals surface area (Å²) >= 11 is 1.33. The molecule has 1 aromatic carbocycles. The molecule has 0 saturated carbocycles. The van der Waals surface area contributed by atoms with Crippen molar-refractivity contribution < 1.29 is 12.9 Å². The van der Waals surface area contributed by atoms with Crippen molar-refractivity contribution in [2.24, 2.45) is 0 Å². The topological polar surface area (TPSA) is 85.1 Å². The Kier molecular flexibility index (Phi) is 4.18. The van der Waals surface area contributed by atoms with Crippen LogP contribution in [0.15, 0.2) is 45.1 Å². The summed E-state index contributed by atoms with van der Waals surface area (Å²) in [6.45, 7) is 3.73. The van der Waals surface area contributed by atoms with Crippen LogP contribution in [0, 0.1) is 6.92 Å². The molecule has 120 valence electrons. The minimum absolute atomic E-state index is 0.216. The summed E-state index contributed by atoms with van der Waals surface area (Å²) in [7, 11) is -3.67. The van der Waals surface area contributed by atoms with Crippen LogP contribution in [0.1, 0.15) is 18.3 Å². The molecule has 0 amide bonds. The second-order valence-corrected chi connectivity index (χ2v) is 7.51. The number of hydrogen-bond acceptors (Lipinski definition) is 6. The summed E-state index contributed by atoms with van der Waals surface area (Å²) in [5, 5.41) is 5.50. The lowest BCUT2D eigenvalue weighted by Crippen LogP contribution is -2.13. The van der Waals surface area contributed by atoms with Gasteiger partial charge in [0.2, 0.25) is 0 Å². The Balaban J connectivity index is 1.90. The van der Waals surface area contributed by atoms with Crippen LogP contribution in [-0.4, -0.2) is 18.6 Å². The van der Waals surface area contributed by atoms with E-state index < -0.39 is 10.0 Å². The molecule has 23 heavy (non-hydrogen) atoms. The van der Waals surface area contributed by atoms with E-state index in [4.69, 9.17) is 4.52 Å². The molecular weight excluding hydrogens is 334 g/mol. The fourth-order valence-corrected chi connectivity index (χ4v) is 3.96. The minimum Gasteiger partial charge on any atom is -0.333 e. The molecule has 8 heteroatoms. The SMILES string of the molecule is CCc1ccc(S(=O)(=O)Nc2ccsc2-c2nc(C)no2)cc1. The molecule has 0 spiro atoms. The van der Waals surface area contributed by atoms with Crippen LogP contribution in [0.3, 0.4) is 0 Å². The van der Waals surface area contributed by atoms with E-state index in [-0.39, 0.29) is 4.90 Å². The standard InChI is InChI=1S/C15H15N3O3S2/c1-3-11-4-6-12(7-5-11)23(19,20)18-13-8-9-22-14(13)15-16-10(2)17-21-15/h4-9,18H,3H2,1-2H3. The van der Waals surface area contributed by atoms with Gasteiger partial charge in [-0.1, -0.05) is 24.2 Å². The van der Waals surface area contributed by atoms with Crippen molar-refractivity contribution in [1.82, 2.24) is 10.1 Å². The van der Waals surface area contributed by atoms with E-state index in [0.29, 0.717) is 22.3 Å². The molecule has 0 saturated heterocycles. The van der Waals surface area contributed by atoms with E-state index in [0.717, 1.165) is 12.0 Å². The van der Waals surface area contributed by atoms with Gasteiger partial charge in [-0.25, -0.2) is 8.42 Å². The van der Waals surface area contributed by atoms with Gasteiger partial charge < -0.3 is 4.52 Å². The molecule has 0 aliphatic rings. The molecule has 0 aliphatic carbocycles. The Morgan fingerprint density at radius 2 is 1.96 bits per heavy atom. The van der Waals surface area contributed by atoms with Crippen LogP contribution >= 0.6 is 11.3 Å². The van der Waals surface area contributed by atoms with Gasteiger partial charge in [0.1, 0.15) is 4.88 Å². The Morgan fingerprint density at radius 1 is 1.22 bits per heavy atom. The van der Waals surface area contributed by atoms with Crippen LogP contribution in [0.5, 0.6) is 0 Å². The number of benzene rings is 1. The molecule has 0 aliphatic heterocycles. The number of thiophene rings is 1. The molecule has 3 aromatic rings. The Hall–Kier alpha value is -2.19. The summed E-state index contributed by atoms with van der Waals surface area (Å²) in [5.41, 5.74) is 1.51. The van der Waals surface area contributed by atoms with E-state index in [1.54, 1.807) is 30.5 Å². The molecule has 2 heterocycles. The van der Waals surface area contributed by atoms with Gasteiger partial charge in [0.05, 0.1) is 10.6 Å². The van der Waals surface area contributed by atoms with Crippen molar-refractivity contribution in [3.8, 4) is 10.8 Å². The third-order valence-corrected chi connectivity index (χ3v) is 5.56. The Labute approximate surface area is 138 Å². The van der Waals surface area contributed by atoms with Crippen molar-refractivity contribution in [2.75, 3.05) is 4.72 Å². The molecule has 0 fully saturated rings. The first-order valence-electron chi connectivity index (χ1n) is 6.99. The molecule has 0 bridgehead atoms. The van der Waals surface area contributed by atoms with Crippen LogP contribution in [0.2, 0.25) is 0 Å². The average Bonchev–Trinajstić information content (AvgIpc) is 3.15. The largest absolute Gasteiger partial charge is 0.333 e. The number of rotatable bonds is 5. The lowest BCUT2D eigenvalue weighted by atomic mass is 10.2. The number of nitrogens with zero attached hydrogens (tertiary/aromatic N) is 2. The Morgan fingerprint density at radius 3 is 2.57 bits per heavy atom. The van der Waals surface area contributed by atoms with Gasteiger partial charge in [0, 0.05) is 0 Å².